The molecule has 0 N–H and O–H groups in total. The summed E-state index contributed by atoms with van der Waals surface area (Å²) in [5.41, 5.74) is 10.1. The van der Waals surface area contributed by atoms with Crippen LogP contribution in [0.15, 0.2) is 82.7 Å². The van der Waals surface area contributed by atoms with Gasteiger partial charge in [-0.25, -0.2) is 0 Å². The first-order chi connectivity index (χ1) is 30.4. The van der Waals surface area contributed by atoms with Crippen LogP contribution in [-0.4, -0.2) is 51.1 Å². The Labute approximate surface area is 385 Å². The van der Waals surface area contributed by atoms with Crippen molar-refractivity contribution in [3.63, 3.8) is 0 Å². The first-order valence-corrected chi connectivity index (χ1v) is 27.2. The van der Waals surface area contributed by atoms with Gasteiger partial charge in [0.15, 0.2) is 0 Å². The van der Waals surface area contributed by atoms with E-state index in [0.29, 0.717) is 41.0 Å². The van der Waals surface area contributed by atoms with Crippen molar-refractivity contribution in [2.75, 3.05) is 6.61 Å². The Bertz CT molecular complexity index is 1890. The average molecular weight is 856 g/mol. The molecule has 63 heavy (non-hydrogen) atoms. The van der Waals surface area contributed by atoms with Crippen molar-refractivity contribution in [1.82, 2.24) is 14.7 Å². The zero-order valence-electron chi connectivity index (χ0n) is 41.3. The normalized spacial score (nSPS) is 36.9. The van der Waals surface area contributed by atoms with Gasteiger partial charge < -0.3 is 19.4 Å². The SMILES string of the molecule is CC1=CC=C(N(C2=CC(N(C3=CC=CCC3)C3COC4CCC(C(C)(C)C)CC43)CC(N3C4CCC(C5CCCCC5)CC4C4(CCCCC4)C3(C)C)=C2)C2=CCC(C)CC2)CC1. The molecule has 10 aliphatic rings. The number of hydrogen-bond acceptors (Lipinski definition) is 4. The molecular formula is C59H89N3O. The minimum Gasteiger partial charge on any atom is -0.376 e. The molecule has 0 radical (unpaired) electrons. The summed E-state index contributed by atoms with van der Waals surface area (Å²) < 4.78 is 6.98. The fourth-order valence-corrected chi connectivity index (χ4v) is 16.5. The van der Waals surface area contributed by atoms with Crippen LogP contribution in [0.3, 0.4) is 0 Å². The van der Waals surface area contributed by atoms with Crippen LogP contribution in [0.25, 0.3) is 0 Å². The maximum Gasteiger partial charge on any atom is 0.0677 e. The fourth-order valence-electron chi connectivity index (χ4n) is 16.5. The molecular weight excluding hydrogens is 767 g/mol. The molecule has 4 saturated carbocycles. The highest BCUT2D eigenvalue weighted by atomic mass is 16.5. The van der Waals surface area contributed by atoms with Gasteiger partial charge in [0.1, 0.15) is 0 Å². The maximum absolute atomic E-state index is 6.98. The molecule has 9 unspecified atom stereocenters. The predicted octanol–water partition coefficient (Wildman–Crippen LogP) is 15.3. The highest BCUT2D eigenvalue weighted by Gasteiger charge is 2.65. The lowest BCUT2D eigenvalue weighted by Gasteiger charge is -2.52. The number of allylic oxidation sites excluding steroid dienone is 11. The van der Waals surface area contributed by atoms with E-state index in [9.17, 15) is 0 Å². The second-order valence-electron chi connectivity index (χ2n) is 24.9. The van der Waals surface area contributed by atoms with Crippen LogP contribution in [0.1, 0.15) is 203 Å². The van der Waals surface area contributed by atoms with Crippen LogP contribution < -0.4 is 0 Å². The Balaban J connectivity index is 1.10. The van der Waals surface area contributed by atoms with Gasteiger partial charge in [-0.3, -0.25) is 0 Å². The first kappa shape index (κ1) is 44.4. The minimum atomic E-state index is 0.125. The third kappa shape index (κ3) is 8.36. The number of ether oxygens (including phenoxy) is 1. The second-order valence-corrected chi connectivity index (χ2v) is 24.9. The zero-order chi connectivity index (χ0) is 43.5. The average Bonchev–Trinajstić information content (AvgIpc) is 3.78. The molecule has 0 aromatic carbocycles. The Morgan fingerprint density at radius 2 is 1.59 bits per heavy atom. The topological polar surface area (TPSA) is 19.0 Å². The lowest BCUT2D eigenvalue weighted by Crippen LogP contribution is -2.53. The number of likely N-dealkylation sites (tertiary alicyclic amines) is 1. The van der Waals surface area contributed by atoms with Crippen LogP contribution >= 0.6 is 0 Å². The van der Waals surface area contributed by atoms with Gasteiger partial charge in [-0.2, -0.15) is 0 Å². The molecule has 1 spiro atoms. The Hall–Kier alpha value is -2.46. The van der Waals surface area contributed by atoms with Crippen molar-refractivity contribution in [1.29, 1.82) is 0 Å². The summed E-state index contributed by atoms with van der Waals surface area (Å²) in [4.78, 5) is 9.06. The summed E-state index contributed by atoms with van der Waals surface area (Å²) in [6.45, 7) is 18.7. The number of rotatable bonds is 8. The van der Waals surface area contributed by atoms with E-state index in [2.05, 4.69) is 112 Å². The maximum atomic E-state index is 6.98. The third-order valence-electron chi connectivity index (χ3n) is 20.1. The molecule has 2 heterocycles. The van der Waals surface area contributed by atoms with Crippen LogP contribution in [0.2, 0.25) is 0 Å². The van der Waals surface area contributed by atoms with Gasteiger partial charge in [0.2, 0.25) is 0 Å². The Kier molecular flexibility index (Phi) is 12.7. The van der Waals surface area contributed by atoms with Crippen LogP contribution in [0.4, 0.5) is 0 Å². The van der Waals surface area contributed by atoms with Gasteiger partial charge >= 0.3 is 0 Å². The molecule has 0 bridgehead atoms. The molecule has 0 aromatic rings. The summed E-state index contributed by atoms with van der Waals surface area (Å²) >= 11 is 0. The van der Waals surface area contributed by atoms with Gasteiger partial charge in [-0.15, -0.1) is 0 Å². The number of nitrogens with zero attached hydrogens (tertiary/aromatic N) is 3. The summed E-state index contributed by atoms with van der Waals surface area (Å²) in [5.74, 6) is 4.84. The van der Waals surface area contributed by atoms with Crippen LogP contribution in [0.5, 0.6) is 0 Å². The summed E-state index contributed by atoms with van der Waals surface area (Å²) in [7, 11) is 0. The van der Waals surface area contributed by atoms with Gasteiger partial charge in [0.05, 0.1) is 24.8 Å². The second kappa shape index (κ2) is 18.0. The lowest BCUT2D eigenvalue weighted by atomic mass is 9.54. The van der Waals surface area contributed by atoms with E-state index < -0.39 is 0 Å². The van der Waals surface area contributed by atoms with Crippen molar-refractivity contribution in [2.45, 2.75) is 232 Å². The third-order valence-corrected chi connectivity index (χ3v) is 20.1. The Morgan fingerprint density at radius 1 is 0.778 bits per heavy atom. The van der Waals surface area contributed by atoms with E-state index >= 15 is 0 Å². The van der Waals surface area contributed by atoms with Gasteiger partial charge in [0.25, 0.3) is 0 Å². The van der Waals surface area contributed by atoms with Gasteiger partial charge in [0, 0.05) is 52.4 Å². The van der Waals surface area contributed by atoms with E-state index in [0.717, 1.165) is 68.3 Å². The van der Waals surface area contributed by atoms with E-state index in [-0.39, 0.29) is 5.54 Å². The molecule has 346 valence electrons. The predicted molar refractivity (Wildman–Crippen MR) is 263 cm³/mol. The molecule has 2 aliphatic heterocycles. The monoisotopic (exact) mass is 856 g/mol. The molecule has 9 atom stereocenters. The molecule has 4 heteroatoms. The molecule has 10 rings (SSSR count). The van der Waals surface area contributed by atoms with Crippen molar-refractivity contribution < 1.29 is 4.74 Å². The molecule has 0 amide bonds. The lowest BCUT2D eigenvalue weighted by molar-refractivity contribution is 0.0139. The first-order valence-electron chi connectivity index (χ1n) is 27.2. The largest absolute Gasteiger partial charge is 0.376 e. The highest BCUT2D eigenvalue weighted by molar-refractivity contribution is 5.41. The van der Waals surface area contributed by atoms with Crippen molar-refractivity contribution in [3.8, 4) is 0 Å². The zero-order valence-corrected chi connectivity index (χ0v) is 41.3. The van der Waals surface area contributed by atoms with E-state index in [1.165, 1.54) is 139 Å². The fraction of sp³-hybridized carbons (Fsp3) is 0.763. The standard InChI is InChI=1S/C59H89N3O/c1-41-21-27-47(28-22-41)60(48-29-23-42(2)24-30-48)49-37-50(61(46-19-13-9-14-20-46)55-40-63-56-32-26-45(36-52(55)56)57(3,4)5)39-51(38-49)62-54-31-25-44(43-17-11-8-12-18-43)35-53(54)59(58(62,6)7)33-15-10-16-34-59/h9,13,19,21,27,29,37-38,42-45,50,52-56H,8,10-12,14-18,20,22-26,28,30-36,39-40H2,1-7H3. The number of fused-ring (bicyclic) bond motifs is 3. The van der Waals surface area contributed by atoms with Gasteiger partial charge in [-0.1, -0.05) is 109 Å². The molecule has 0 aromatic heterocycles. The number of hydrogen-bond donors (Lipinski definition) is 0. The summed E-state index contributed by atoms with van der Waals surface area (Å²) in [6.07, 6.45) is 53.0. The van der Waals surface area contributed by atoms with Crippen molar-refractivity contribution in [3.05, 3.63) is 82.7 Å². The Morgan fingerprint density at radius 3 is 2.30 bits per heavy atom. The van der Waals surface area contributed by atoms with E-state index in [1.54, 1.807) is 17.1 Å². The smallest absolute Gasteiger partial charge is 0.0677 e. The minimum absolute atomic E-state index is 0.125. The molecule has 4 nitrogen and oxygen atoms in total. The molecule has 2 saturated heterocycles. The van der Waals surface area contributed by atoms with Crippen molar-refractivity contribution >= 4 is 0 Å². The molecule has 8 aliphatic carbocycles. The summed E-state index contributed by atoms with van der Waals surface area (Å²) in [6, 6.07) is 1.36. The van der Waals surface area contributed by atoms with Gasteiger partial charge in [-0.05, 0) is 182 Å². The van der Waals surface area contributed by atoms with E-state index in [1.807, 2.05) is 0 Å². The van der Waals surface area contributed by atoms with Crippen molar-refractivity contribution in [2.24, 2.45) is 46.3 Å². The van der Waals surface area contributed by atoms with E-state index in [4.69, 9.17) is 4.74 Å². The summed E-state index contributed by atoms with van der Waals surface area (Å²) in [5, 5.41) is 0. The molecule has 6 fully saturated rings. The van der Waals surface area contributed by atoms with Crippen LogP contribution in [-0.2, 0) is 4.74 Å². The van der Waals surface area contributed by atoms with Crippen LogP contribution in [0, 0.1) is 46.3 Å². The quantitative estimate of drug-likeness (QED) is 0.242. The highest BCUT2D eigenvalue weighted by Crippen LogP contribution is 2.66.